The van der Waals surface area contributed by atoms with Crippen LogP contribution in [0.25, 0.3) is 91.1 Å². The van der Waals surface area contributed by atoms with E-state index in [1.165, 1.54) is 0 Å². The summed E-state index contributed by atoms with van der Waals surface area (Å²) in [7, 11) is 0. The Morgan fingerprint density at radius 3 is 1.13 bits per heavy atom. The highest BCUT2D eigenvalue weighted by molar-refractivity contribution is 5.98. The molecule has 7 aromatic rings. The Balaban J connectivity index is 1.50. The van der Waals surface area contributed by atoms with Gasteiger partial charge in [0.15, 0.2) is 12.4 Å². The van der Waals surface area contributed by atoms with Crippen LogP contribution in [-0.2, 0) is 13.1 Å². The molecule has 2 N–H and O–H groups in total. The van der Waals surface area contributed by atoms with Crippen molar-refractivity contribution in [2.24, 2.45) is 0 Å². The number of fused-ring (bicyclic) bond motifs is 8. The summed E-state index contributed by atoms with van der Waals surface area (Å²) in [5.74, 6) is 0. The number of nitrogens with one attached hydrogen (secondary N) is 2. The number of H-pyrrole nitrogens is 2. The van der Waals surface area contributed by atoms with Crippen molar-refractivity contribution in [2.45, 2.75) is 26.9 Å². The van der Waals surface area contributed by atoms with Crippen LogP contribution in [0.5, 0.6) is 0 Å². The van der Waals surface area contributed by atoms with Gasteiger partial charge in [-0.05, 0) is 85.7 Å². The SMILES string of the molecule is CC[n+]1ccccc1-c1c2nc(c(-c3ccccc3)c3ccc([nH]3)c(-c3ccccc3)c3nc(c(-c4cccc[n+]4CC)c4ccc1[nH]4)C=C3)C=C2. The molecule has 8 bridgehead atoms. The maximum Gasteiger partial charge on any atom is 0.216 e. The molecule has 2 aliphatic rings. The van der Waals surface area contributed by atoms with Crippen molar-refractivity contribution in [3.8, 4) is 44.8 Å². The molecule has 0 unspecified atom stereocenters. The largest absolute Gasteiger partial charge is 0.354 e. The van der Waals surface area contributed by atoms with E-state index < -0.39 is 0 Å². The molecule has 6 nitrogen and oxygen atoms in total. The standard InChI is InChI=1S/C46H37N6/c1-3-51-29-13-11-19-41(51)45-37-25-23-35(48-37)43(31-15-7-5-8-16-31)33-21-22-34(47-33)44(32-17-9-6-10-18-32)36-24-26-38(49-36)46(40-28-27-39(45)50-40)42-20-12-14-30-52(42)4-2/h5-30H,3-4H2,1-2H3,(H,47,48,49,50)/q+1/p+1. The molecular weight excluding hydrogens is 637 g/mol. The molecule has 0 spiro atoms. The van der Waals surface area contributed by atoms with Gasteiger partial charge in [0.05, 0.1) is 44.9 Å². The van der Waals surface area contributed by atoms with Gasteiger partial charge in [-0.15, -0.1) is 0 Å². The second kappa shape index (κ2) is 13.2. The first-order valence-corrected chi connectivity index (χ1v) is 17.9. The first kappa shape index (κ1) is 31.3. The maximum atomic E-state index is 5.43. The third-order valence-corrected chi connectivity index (χ3v) is 9.95. The molecule has 9 rings (SSSR count). The molecule has 52 heavy (non-hydrogen) atoms. The molecule has 0 aliphatic carbocycles. The topological polar surface area (TPSA) is 65.1 Å². The first-order chi connectivity index (χ1) is 25.7. The maximum absolute atomic E-state index is 5.43. The van der Waals surface area contributed by atoms with E-state index in [2.05, 4.69) is 191 Å². The molecular formula is C46H38N6+2. The average molecular weight is 675 g/mol. The summed E-state index contributed by atoms with van der Waals surface area (Å²) in [5, 5.41) is 0. The summed E-state index contributed by atoms with van der Waals surface area (Å²) in [4.78, 5) is 18.6. The molecule has 0 atom stereocenters. The van der Waals surface area contributed by atoms with Crippen LogP contribution in [0.4, 0.5) is 0 Å². The minimum absolute atomic E-state index is 0.825. The van der Waals surface area contributed by atoms with E-state index >= 15 is 0 Å². The molecule has 5 aromatic heterocycles. The van der Waals surface area contributed by atoms with Gasteiger partial charge in [0.25, 0.3) is 0 Å². The number of hydrogen-bond donors (Lipinski definition) is 2. The zero-order valence-corrected chi connectivity index (χ0v) is 29.2. The van der Waals surface area contributed by atoms with Crippen LogP contribution in [0, 0.1) is 0 Å². The Hall–Kier alpha value is -6.66. The molecule has 0 saturated carbocycles. The quantitative estimate of drug-likeness (QED) is 0.173. The molecule has 0 fully saturated rings. The summed E-state index contributed by atoms with van der Waals surface area (Å²) in [6, 6.07) is 42.5. The lowest BCUT2D eigenvalue weighted by Gasteiger charge is -2.06. The summed E-state index contributed by atoms with van der Waals surface area (Å²) >= 11 is 0. The average Bonchev–Trinajstić information content (AvgIpc) is 4.04. The lowest BCUT2D eigenvalue weighted by Crippen LogP contribution is -2.34. The molecule has 2 aromatic carbocycles. The summed E-state index contributed by atoms with van der Waals surface area (Å²) in [6.45, 7) is 6.01. The lowest BCUT2D eigenvalue weighted by atomic mass is 10.0. The lowest BCUT2D eigenvalue weighted by molar-refractivity contribution is -0.682. The Bertz CT molecular complexity index is 2520. The van der Waals surface area contributed by atoms with Crippen LogP contribution < -0.4 is 9.13 Å². The van der Waals surface area contributed by atoms with Crippen molar-refractivity contribution < 1.29 is 9.13 Å². The smallest absolute Gasteiger partial charge is 0.216 e. The van der Waals surface area contributed by atoms with Crippen molar-refractivity contribution >= 4 is 46.4 Å². The van der Waals surface area contributed by atoms with Crippen LogP contribution in [0.3, 0.4) is 0 Å². The van der Waals surface area contributed by atoms with E-state index in [1.807, 2.05) is 0 Å². The molecule has 250 valence electrons. The number of pyridine rings is 2. The van der Waals surface area contributed by atoms with E-state index in [0.717, 1.165) is 103 Å². The number of hydrogen-bond acceptors (Lipinski definition) is 2. The van der Waals surface area contributed by atoms with Crippen molar-refractivity contribution in [3.63, 3.8) is 0 Å². The van der Waals surface area contributed by atoms with Crippen LogP contribution in [0.2, 0.25) is 0 Å². The Morgan fingerprint density at radius 1 is 0.404 bits per heavy atom. The van der Waals surface area contributed by atoms with Crippen molar-refractivity contribution in [2.75, 3.05) is 0 Å². The van der Waals surface area contributed by atoms with Crippen molar-refractivity contribution in [3.05, 3.63) is 156 Å². The predicted octanol–water partition coefficient (Wildman–Crippen LogP) is 9.94. The first-order valence-electron chi connectivity index (χ1n) is 17.9. The van der Waals surface area contributed by atoms with E-state index in [9.17, 15) is 0 Å². The molecule has 6 heteroatoms. The molecule has 0 amide bonds. The van der Waals surface area contributed by atoms with Gasteiger partial charge in [0.1, 0.15) is 13.1 Å². The summed E-state index contributed by atoms with van der Waals surface area (Å²) in [6.07, 6.45) is 12.9. The molecule has 2 aliphatic heterocycles. The van der Waals surface area contributed by atoms with Crippen LogP contribution in [0.1, 0.15) is 36.6 Å². The minimum Gasteiger partial charge on any atom is -0.354 e. The van der Waals surface area contributed by atoms with Gasteiger partial charge in [-0.3, -0.25) is 0 Å². The number of benzene rings is 2. The number of rotatable bonds is 6. The Morgan fingerprint density at radius 2 is 0.750 bits per heavy atom. The van der Waals surface area contributed by atoms with Crippen LogP contribution in [0.15, 0.2) is 134 Å². The summed E-state index contributed by atoms with van der Waals surface area (Å²) < 4.78 is 4.56. The fourth-order valence-corrected chi connectivity index (χ4v) is 7.52. The van der Waals surface area contributed by atoms with Gasteiger partial charge in [-0.1, -0.05) is 60.7 Å². The normalized spacial score (nSPS) is 12.0. The van der Waals surface area contributed by atoms with Crippen LogP contribution in [-0.4, -0.2) is 19.9 Å². The van der Waals surface area contributed by atoms with E-state index in [0.29, 0.717) is 0 Å². The van der Waals surface area contributed by atoms with Gasteiger partial charge in [-0.25, -0.2) is 9.97 Å². The van der Waals surface area contributed by atoms with Crippen LogP contribution >= 0.6 is 0 Å². The zero-order valence-electron chi connectivity index (χ0n) is 29.2. The fraction of sp³-hybridized carbons (Fsp3) is 0.0870. The third-order valence-electron chi connectivity index (χ3n) is 9.95. The summed E-state index contributed by atoms with van der Waals surface area (Å²) in [5.41, 5.74) is 16.1. The predicted molar refractivity (Wildman–Crippen MR) is 212 cm³/mol. The van der Waals surface area contributed by atoms with Gasteiger partial charge in [0, 0.05) is 46.4 Å². The number of aromatic amines is 2. The zero-order chi connectivity index (χ0) is 35.0. The molecule has 7 heterocycles. The Labute approximate surface area is 302 Å². The minimum atomic E-state index is 0.825. The van der Waals surface area contributed by atoms with Crippen molar-refractivity contribution in [1.29, 1.82) is 0 Å². The molecule has 0 saturated heterocycles. The van der Waals surface area contributed by atoms with Gasteiger partial charge in [-0.2, -0.15) is 9.13 Å². The van der Waals surface area contributed by atoms with E-state index in [-0.39, 0.29) is 0 Å². The highest BCUT2D eigenvalue weighted by Gasteiger charge is 2.24. The van der Waals surface area contributed by atoms with Gasteiger partial charge < -0.3 is 9.97 Å². The number of nitrogens with zero attached hydrogens (tertiary/aromatic N) is 4. The van der Waals surface area contributed by atoms with E-state index in [4.69, 9.17) is 9.97 Å². The highest BCUT2D eigenvalue weighted by Crippen LogP contribution is 2.37. The molecule has 0 radical (unpaired) electrons. The fourth-order valence-electron chi connectivity index (χ4n) is 7.52. The Kier molecular flexibility index (Phi) is 7.97. The van der Waals surface area contributed by atoms with Crippen molar-refractivity contribution in [1.82, 2.24) is 19.9 Å². The third kappa shape index (κ3) is 5.46. The monoisotopic (exact) mass is 674 g/mol. The van der Waals surface area contributed by atoms with E-state index in [1.54, 1.807) is 0 Å². The second-order valence-corrected chi connectivity index (χ2v) is 13.0. The highest BCUT2D eigenvalue weighted by atomic mass is 15.0. The van der Waals surface area contributed by atoms with Gasteiger partial charge >= 0.3 is 0 Å². The van der Waals surface area contributed by atoms with Gasteiger partial charge in [0.2, 0.25) is 11.4 Å². The second-order valence-electron chi connectivity index (χ2n) is 13.0. The number of aryl methyl sites for hydroxylation is 2. The number of aromatic nitrogens is 6.